The molecule has 0 radical (unpaired) electrons. The van der Waals surface area contributed by atoms with Crippen molar-refractivity contribution in [2.24, 2.45) is 0 Å². The Bertz CT molecular complexity index is 894. The van der Waals surface area contributed by atoms with Crippen molar-refractivity contribution in [2.45, 2.75) is 44.6 Å². The summed E-state index contributed by atoms with van der Waals surface area (Å²) in [4.78, 5) is 19.4. The summed E-state index contributed by atoms with van der Waals surface area (Å²) in [6, 6.07) is 10.3. The summed E-state index contributed by atoms with van der Waals surface area (Å²) in [5.74, 6) is 0.0276. The lowest BCUT2D eigenvalue weighted by molar-refractivity contribution is 0.0712. The quantitative estimate of drug-likeness (QED) is 0.612. The van der Waals surface area contributed by atoms with E-state index in [2.05, 4.69) is 10.1 Å². The summed E-state index contributed by atoms with van der Waals surface area (Å²) in [6.45, 7) is 0. The second kappa shape index (κ2) is 8.05. The van der Waals surface area contributed by atoms with Crippen molar-refractivity contribution in [3.8, 4) is 16.3 Å². The Hall–Kier alpha value is -2.47. The second-order valence-corrected chi connectivity index (χ2v) is 7.97. The van der Waals surface area contributed by atoms with Crippen LogP contribution in [0.3, 0.4) is 0 Å². The monoisotopic (exact) mass is 380 g/mol. The number of thiazole rings is 1. The maximum atomic E-state index is 12.9. The molecule has 1 aliphatic carbocycles. The van der Waals surface area contributed by atoms with E-state index in [-0.39, 0.29) is 5.91 Å². The van der Waals surface area contributed by atoms with E-state index in [0.717, 1.165) is 29.1 Å². The predicted octanol–water partition coefficient (Wildman–Crippen LogP) is 4.79. The first kappa shape index (κ1) is 17.9. The van der Waals surface area contributed by atoms with E-state index in [1.807, 2.05) is 58.5 Å². The van der Waals surface area contributed by atoms with E-state index < -0.39 is 0 Å². The highest BCUT2D eigenvalue weighted by molar-refractivity contribution is 7.13. The molecule has 3 aromatic rings. The zero-order chi connectivity index (χ0) is 18.6. The number of carbonyl (C=O) groups is 1. The van der Waals surface area contributed by atoms with E-state index in [9.17, 15) is 4.79 Å². The van der Waals surface area contributed by atoms with Crippen LogP contribution in [0.25, 0.3) is 16.3 Å². The third-order valence-corrected chi connectivity index (χ3v) is 6.16. The first-order valence-corrected chi connectivity index (χ1v) is 10.4. The minimum absolute atomic E-state index is 0.0276. The molecule has 1 fully saturated rings. The average Bonchev–Trinajstić information content (AvgIpc) is 3.31. The van der Waals surface area contributed by atoms with E-state index in [0.29, 0.717) is 11.7 Å². The van der Waals surface area contributed by atoms with Crippen molar-refractivity contribution >= 4 is 17.2 Å². The lowest BCUT2D eigenvalue weighted by atomic mass is 10.1. The number of rotatable bonds is 4. The molecule has 0 saturated heterocycles. The summed E-state index contributed by atoms with van der Waals surface area (Å²) in [7, 11) is 1.92. The molecule has 0 atom stereocenters. The van der Waals surface area contributed by atoms with Crippen LogP contribution in [0.1, 0.15) is 49.0 Å². The normalized spacial score (nSPS) is 15.4. The number of hydrogen-bond acceptors (Lipinski definition) is 4. The summed E-state index contributed by atoms with van der Waals surface area (Å²) in [6.07, 6.45) is 10.9. The molecule has 1 aliphatic rings. The maximum Gasteiger partial charge on any atom is 0.273 e. The van der Waals surface area contributed by atoms with Crippen molar-refractivity contribution in [1.82, 2.24) is 19.7 Å². The van der Waals surface area contributed by atoms with Crippen molar-refractivity contribution in [3.05, 3.63) is 53.8 Å². The third kappa shape index (κ3) is 3.95. The molecule has 0 spiro atoms. The number of hydrogen-bond donors (Lipinski definition) is 0. The van der Waals surface area contributed by atoms with Crippen molar-refractivity contribution in [1.29, 1.82) is 0 Å². The third-order valence-electron chi connectivity index (χ3n) is 5.27. The molecule has 27 heavy (non-hydrogen) atoms. The van der Waals surface area contributed by atoms with Gasteiger partial charge in [0.2, 0.25) is 0 Å². The maximum absolute atomic E-state index is 12.9. The molecule has 1 aromatic carbocycles. The number of aromatic nitrogens is 3. The molecular weight excluding hydrogens is 356 g/mol. The van der Waals surface area contributed by atoms with Gasteiger partial charge in [0.25, 0.3) is 5.91 Å². The molecule has 2 heterocycles. The van der Waals surface area contributed by atoms with Crippen LogP contribution in [-0.2, 0) is 0 Å². The van der Waals surface area contributed by atoms with E-state index >= 15 is 0 Å². The number of benzene rings is 1. The Kier molecular flexibility index (Phi) is 5.34. The number of amides is 1. The van der Waals surface area contributed by atoms with Crippen LogP contribution in [0, 0.1) is 0 Å². The van der Waals surface area contributed by atoms with Crippen LogP contribution in [0.4, 0.5) is 0 Å². The molecule has 0 N–H and O–H groups in total. The molecular formula is C21H24N4OS. The van der Waals surface area contributed by atoms with Gasteiger partial charge in [0.15, 0.2) is 0 Å². The van der Waals surface area contributed by atoms with Gasteiger partial charge < -0.3 is 4.90 Å². The SMILES string of the molecule is CN(C(=O)c1csc(-c2cnn(-c3ccccc3)c2)n1)C1CCCCCC1. The molecule has 1 saturated carbocycles. The lowest BCUT2D eigenvalue weighted by Gasteiger charge is -2.26. The fourth-order valence-electron chi connectivity index (χ4n) is 3.65. The fraction of sp³-hybridized carbons (Fsp3) is 0.381. The van der Waals surface area contributed by atoms with Crippen LogP contribution in [0.5, 0.6) is 0 Å². The van der Waals surface area contributed by atoms with Gasteiger partial charge in [-0.05, 0) is 25.0 Å². The van der Waals surface area contributed by atoms with Gasteiger partial charge in [-0.2, -0.15) is 5.10 Å². The summed E-state index contributed by atoms with van der Waals surface area (Å²) in [5.41, 5.74) is 2.47. The van der Waals surface area contributed by atoms with Gasteiger partial charge in [0.1, 0.15) is 10.7 Å². The van der Waals surface area contributed by atoms with Gasteiger partial charge in [0.05, 0.1) is 11.9 Å². The van der Waals surface area contributed by atoms with Crippen molar-refractivity contribution < 1.29 is 4.79 Å². The van der Waals surface area contributed by atoms with Crippen LogP contribution in [-0.4, -0.2) is 38.7 Å². The standard InChI is InChI=1S/C21H24N4OS/c1-24(17-9-5-2-3-6-10-17)21(26)19-15-27-20(23-19)16-13-22-25(14-16)18-11-7-4-8-12-18/h4,7-8,11-15,17H,2-3,5-6,9-10H2,1H3. The Morgan fingerprint density at radius 3 is 2.63 bits per heavy atom. The van der Waals surface area contributed by atoms with Gasteiger partial charge >= 0.3 is 0 Å². The lowest BCUT2D eigenvalue weighted by Crippen LogP contribution is -2.36. The fourth-order valence-corrected chi connectivity index (χ4v) is 4.42. The molecule has 0 unspecified atom stereocenters. The Balaban J connectivity index is 1.50. The van der Waals surface area contributed by atoms with Crippen molar-refractivity contribution in [3.63, 3.8) is 0 Å². The largest absolute Gasteiger partial charge is 0.337 e. The molecule has 0 aliphatic heterocycles. The first-order valence-electron chi connectivity index (χ1n) is 9.55. The van der Waals surface area contributed by atoms with Crippen LogP contribution >= 0.6 is 11.3 Å². The number of carbonyl (C=O) groups excluding carboxylic acids is 1. The van der Waals surface area contributed by atoms with E-state index in [1.165, 1.54) is 37.0 Å². The van der Waals surface area contributed by atoms with Crippen LogP contribution in [0.15, 0.2) is 48.1 Å². The summed E-state index contributed by atoms with van der Waals surface area (Å²) in [5, 5.41) is 7.12. The molecule has 2 aromatic heterocycles. The Morgan fingerprint density at radius 1 is 1.15 bits per heavy atom. The minimum atomic E-state index is 0.0276. The summed E-state index contributed by atoms with van der Waals surface area (Å²) >= 11 is 1.50. The summed E-state index contributed by atoms with van der Waals surface area (Å²) < 4.78 is 1.83. The van der Waals surface area contributed by atoms with Gasteiger partial charge in [0, 0.05) is 30.2 Å². The molecule has 0 bridgehead atoms. The highest BCUT2D eigenvalue weighted by Crippen LogP contribution is 2.26. The molecule has 6 heteroatoms. The Labute approximate surface area is 163 Å². The molecule has 5 nitrogen and oxygen atoms in total. The molecule has 1 amide bonds. The van der Waals surface area contributed by atoms with Crippen LogP contribution in [0.2, 0.25) is 0 Å². The first-order chi connectivity index (χ1) is 13.2. The van der Waals surface area contributed by atoms with Crippen molar-refractivity contribution in [2.75, 3.05) is 7.05 Å². The smallest absolute Gasteiger partial charge is 0.273 e. The number of para-hydroxylation sites is 1. The second-order valence-electron chi connectivity index (χ2n) is 7.11. The van der Waals surface area contributed by atoms with Gasteiger partial charge in [-0.3, -0.25) is 4.79 Å². The predicted molar refractivity (Wildman–Crippen MR) is 108 cm³/mol. The molecule has 140 valence electrons. The van der Waals surface area contributed by atoms with Gasteiger partial charge in [-0.15, -0.1) is 11.3 Å². The topological polar surface area (TPSA) is 51.0 Å². The highest BCUT2D eigenvalue weighted by atomic mass is 32.1. The zero-order valence-electron chi connectivity index (χ0n) is 15.5. The highest BCUT2D eigenvalue weighted by Gasteiger charge is 2.24. The molecule has 4 rings (SSSR count). The van der Waals surface area contributed by atoms with E-state index in [1.54, 1.807) is 6.20 Å². The van der Waals surface area contributed by atoms with Gasteiger partial charge in [-0.1, -0.05) is 43.9 Å². The number of nitrogens with zero attached hydrogens (tertiary/aromatic N) is 4. The zero-order valence-corrected chi connectivity index (χ0v) is 16.4. The minimum Gasteiger partial charge on any atom is -0.337 e. The average molecular weight is 381 g/mol. The van der Waals surface area contributed by atoms with Crippen LogP contribution < -0.4 is 0 Å². The van der Waals surface area contributed by atoms with Gasteiger partial charge in [-0.25, -0.2) is 9.67 Å². The van der Waals surface area contributed by atoms with E-state index in [4.69, 9.17) is 0 Å². The Morgan fingerprint density at radius 2 is 1.89 bits per heavy atom.